The molecule has 3 heterocycles. The summed E-state index contributed by atoms with van der Waals surface area (Å²) in [5, 5.41) is 7.70. The van der Waals surface area contributed by atoms with Crippen molar-refractivity contribution in [2.75, 3.05) is 18.5 Å². The first-order valence-electron chi connectivity index (χ1n) is 7.50. The van der Waals surface area contributed by atoms with Crippen molar-refractivity contribution in [3.8, 4) is 5.75 Å². The Balaban J connectivity index is 1.59. The second-order valence-corrected chi connectivity index (χ2v) is 5.38. The number of nitrogens with zero attached hydrogens (tertiary/aromatic N) is 4. The summed E-state index contributed by atoms with van der Waals surface area (Å²) in [4.78, 5) is 8.63. The Labute approximate surface area is 128 Å². The number of aromatic nitrogens is 4. The third kappa shape index (κ3) is 2.16. The third-order valence-corrected chi connectivity index (χ3v) is 4.00. The van der Waals surface area contributed by atoms with Crippen LogP contribution in [0.4, 0.5) is 5.82 Å². The van der Waals surface area contributed by atoms with E-state index in [0.29, 0.717) is 18.3 Å². The van der Waals surface area contributed by atoms with Crippen LogP contribution in [0, 0.1) is 0 Å². The van der Waals surface area contributed by atoms with E-state index in [2.05, 4.69) is 39.4 Å². The number of hydrogen-bond donors (Lipinski definition) is 1. The molecule has 0 saturated carbocycles. The summed E-state index contributed by atoms with van der Waals surface area (Å²) in [5.41, 5.74) is 2.26. The van der Waals surface area contributed by atoms with Crippen LogP contribution < -0.4 is 10.1 Å². The molecule has 6 heteroatoms. The van der Waals surface area contributed by atoms with E-state index in [0.717, 1.165) is 30.2 Å². The van der Waals surface area contributed by atoms with Gasteiger partial charge in [0.2, 0.25) is 0 Å². The molecule has 0 bridgehead atoms. The van der Waals surface area contributed by atoms with Gasteiger partial charge in [-0.2, -0.15) is 14.6 Å². The average Bonchev–Trinajstić information content (AvgIpc) is 3.19. The molecule has 2 aromatic heterocycles. The Hall–Kier alpha value is -2.63. The van der Waals surface area contributed by atoms with Crippen LogP contribution >= 0.6 is 0 Å². The lowest BCUT2D eigenvalue weighted by molar-refractivity contribution is 0.334. The number of ether oxygens (including phenoxy) is 1. The van der Waals surface area contributed by atoms with Crippen molar-refractivity contribution in [2.24, 2.45) is 0 Å². The first-order chi connectivity index (χ1) is 10.8. The van der Waals surface area contributed by atoms with Crippen molar-refractivity contribution in [2.45, 2.75) is 19.3 Å². The molecule has 1 N–H and O–H groups in total. The molecule has 0 saturated heterocycles. The largest absolute Gasteiger partial charge is 0.493 e. The normalized spacial score (nSPS) is 16.5. The zero-order chi connectivity index (χ0) is 14.9. The Bertz CT molecular complexity index is 813. The summed E-state index contributed by atoms with van der Waals surface area (Å²) in [5.74, 6) is 2.88. The number of anilines is 1. The fourth-order valence-corrected chi connectivity index (χ4v) is 2.79. The van der Waals surface area contributed by atoms with Crippen LogP contribution in [0.25, 0.3) is 5.78 Å². The van der Waals surface area contributed by atoms with E-state index in [1.807, 2.05) is 18.2 Å². The lowest BCUT2D eigenvalue weighted by atomic mass is 10.0. The molecule has 0 amide bonds. The number of fused-ring (bicyclic) bond motifs is 2. The van der Waals surface area contributed by atoms with Gasteiger partial charge in [0.25, 0.3) is 5.78 Å². The van der Waals surface area contributed by atoms with Crippen LogP contribution in [0.3, 0.4) is 0 Å². The van der Waals surface area contributed by atoms with Gasteiger partial charge in [0.1, 0.15) is 17.9 Å². The highest BCUT2D eigenvalue weighted by atomic mass is 16.5. The summed E-state index contributed by atoms with van der Waals surface area (Å²) >= 11 is 0. The minimum Gasteiger partial charge on any atom is -0.493 e. The molecule has 1 aliphatic rings. The summed E-state index contributed by atoms with van der Waals surface area (Å²) in [7, 11) is 0. The number of para-hydroxylation sites is 1. The molecular weight excluding hydrogens is 278 g/mol. The van der Waals surface area contributed by atoms with Crippen LogP contribution in [0.15, 0.2) is 36.7 Å². The standard InChI is InChI=1S/C16H17N5O/c1-2-12-7-15(21-16(20-12)18-10-19-21)17-8-11-9-22-14-6-4-3-5-13(11)14/h3-7,10-11,17H,2,8-9H2,1H3. The third-order valence-electron chi connectivity index (χ3n) is 4.00. The smallest absolute Gasteiger partial charge is 0.254 e. The number of hydrogen-bond acceptors (Lipinski definition) is 5. The van der Waals surface area contributed by atoms with E-state index in [1.165, 1.54) is 11.9 Å². The summed E-state index contributed by atoms with van der Waals surface area (Å²) < 4.78 is 7.47. The van der Waals surface area contributed by atoms with Gasteiger partial charge < -0.3 is 10.1 Å². The van der Waals surface area contributed by atoms with Crippen molar-refractivity contribution in [1.29, 1.82) is 0 Å². The summed E-state index contributed by atoms with van der Waals surface area (Å²) in [6.07, 6.45) is 2.40. The Kier molecular flexibility index (Phi) is 3.14. The first-order valence-corrected chi connectivity index (χ1v) is 7.50. The maximum absolute atomic E-state index is 5.73. The first kappa shape index (κ1) is 13.1. The van der Waals surface area contributed by atoms with Crippen LogP contribution in [-0.2, 0) is 6.42 Å². The maximum atomic E-state index is 5.73. The van der Waals surface area contributed by atoms with Gasteiger partial charge in [0, 0.05) is 29.8 Å². The van der Waals surface area contributed by atoms with Gasteiger partial charge in [-0.25, -0.2) is 4.98 Å². The monoisotopic (exact) mass is 295 g/mol. The highest BCUT2D eigenvalue weighted by molar-refractivity contribution is 5.46. The summed E-state index contributed by atoms with van der Waals surface area (Å²) in [6, 6.07) is 10.2. The molecule has 1 aliphatic heterocycles. The van der Waals surface area contributed by atoms with E-state index in [4.69, 9.17) is 4.74 Å². The van der Waals surface area contributed by atoms with E-state index in [1.54, 1.807) is 4.52 Å². The van der Waals surface area contributed by atoms with Crippen molar-refractivity contribution in [3.05, 3.63) is 47.9 Å². The highest BCUT2D eigenvalue weighted by Crippen LogP contribution is 2.33. The Morgan fingerprint density at radius 2 is 2.27 bits per heavy atom. The quantitative estimate of drug-likeness (QED) is 0.800. The molecule has 0 fully saturated rings. The van der Waals surface area contributed by atoms with Gasteiger partial charge in [0.15, 0.2) is 0 Å². The van der Waals surface area contributed by atoms with Crippen LogP contribution in [0.2, 0.25) is 0 Å². The van der Waals surface area contributed by atoms with Crippen molar-refractivity contribution in [3.63, 3.8) is 0 Å². The van der Waals surface area contributed by atoms with E-state index in [-0.39, 0.29) is 0 Å². The predicted molar refractivity (Wildman–Crippen MR) is 83.3 cm³/mol. The zero-order valence-electron chi connectivity index (χ0n) is 12.4. The lowest BCUT2D eigenvalue weighted by Crippen LogP contribution is -2.16. The second kappa shape index (κ2) is 5.29. The minimum absolute atomic E-state index is 0.341. The molecule has 22 heavy (non-hydrogen) atoms. The van der Waals surface area contributed by atoms with Gasteiger partial charge in [-0.3, -0.25) is 0 Å². The number of nitrogens with one attached hydrogen (secondary N) is 1. The lowest BCUT2D eigenvalue weighted by Gasteiger charge is -2.13. The molecular formula is C16H17N5O. The molecule has 0 spiro atoms. The number of benzene rings is 1. The van der Waals surface area contributed by atoms with Gasteiger partial charge in [-0.05, 0) is 12.5 Å². The molecule has 6 nitrogen and oxygen atoms in total. The highest BCUT2D eigenvalue weighted by Gasteiger charge is 2.23. The Morgan fingerprint density at radius 1 is 1.36 bits per heavy atom. The maximum Gasteiger partial charge on any atom is 0.254 e. The summed E-state index contributed by atoms with van der Waals surface area (Å²) in [6.45, 7) is 3.58. The molecule has 0 radical (unpaired) electrons. The van der Waals surface area contributed by atoms with E-state index >= 15 is 0 Å². The molecule has 1 unspecified atom stereocenters. The average molecular weight is 295 g/mol. The predicted octanol–water partition coefficient (Wildman–Crippen LogP) is 2.27. The second-order valence-electron chi connectivity index (χ2n) is 5.38. The van der Waals surface area contributed by atoms with Crippen LogP contribution in [0.1, 0.15) is 24.1 Å². The molecule has 112 valence electrons. The minimum atomic E-state index is 0.341. The van der Waals surface area contributed by atoms with Crippen LogP contribution in [0.5, 0.6) is 5.75 Å². The fourth-order valence-electron chi connectivity index (χ4n) is 2.79. The molecule has 4 rings (SSSR count). The van der Waals surface area contributed by atoms with E-state index in [9.17, 15) is 0 Å². The van der Waals surface area contributed by atoms with Crippen LogP contribution in [-0.4, -0.2) is 32.7 Å². The van der Waals surface area contributed by atoms with Gasteiger partial charge in [-0.15, -0.1) is 0 Å². The van der Waals surface area contributed by atoms with Gasteiger partial charge in [-0.1, -0.05) is 25.1 Å². The SMILES string of the molecule is CCc1cc(NCC2COc3ccccc32)n2ncnc2n1. The topological polar surface area (TPSA) is 64.3 Å². The van der Waals surface area contributed by atoms with Crippen molar-refractivity contribution >= 4 is 11.6 Å². The number of rotatable bonds is 4. The molecule has 1 aromatic carbocycles. The van der Waals surface area contributed by atoms with E-state index < -0.39 is 0 Å². The molecule has 3 aromatic rings. The van der Waals surface area contributed by atoms with Gasteiger partial charge >= 0.3 is 0 Å². The zero-order valence-corrected chi connectivity index (χ0v) is 12.4. The molecule has 0 aliphatic carbocycles. The van der Waals surface area contributed by atoms with Gasteiger partial charge in [0.05, 0.1) is 6.61 Å². The fraction of sp³-hybridized carbons (Fsp3) is 0.312. The molecule has 1 atom stereocenters. The Morgan fingerprint density at radius 3 is 3.18 bits per heavy atom. The number of aryl methyl sites for hydroxylation is 1. The van der Waals surface area contributed by atoms with Crippen molar-refractivity contribution < 1.29 is 4.74 Å². The van der Waals surface area contributed by atoms with Crippen molar-refractivity contribution in [1.82, 2.24) is 19.6 Å².